The van der Waals surface area contributed by atoms with Crippen LogP contribution in [0.5, 0.6) is 0 Å². The first-order chi connectivity index (χ1) is 8.34. The zero-order valence-electron chi connectivity index (χ0n) is 11.4. The Balaban J connectivity index is 2.51. The van der Waals surface area contributed by atoms with Crippen LogP contribution in [-0.4, -0.2) is 37.7 Å². The molecule has 0 unspecified atom stereocenters. The number of sulfonamides is 1. The Morgan fingerprint density at radius 2 is 1.94 bits per heavy atom. The fourth-order valence-electron chi connectivity index (χ4n) is 1.69. The topological polar surface area (TPSA) is 86.9 Å². The summed E-state index contributed by atoms with van der Waals surface area (Å²) >= 11 is 0. The highest BCUT2D eigenvalue weighted by Crippen LogP contribution is 2.15. The lowest BCUT2D eigenvalue weighted by molar-refractivity contribution is 0.554. The van der Waals surface area contributed by atoms with Crippen molar-refractivity contribution >= 4 is 10.0 Å². The van der Waals surface area contributed by atoms with E-state index in [2.05, 4.69) is 34.1 Å². The summed E-state index contributed by atoms with van der Waals surface area (Å²) in [6, 6.07) is 0.417. The van der Waals surface area contributed by atoms with E-state index in [1.165, 1.54) is 0 Å². The maximum atomic E-state index is 12.0. The quantitative estimate of drug-likeness (QED) is 0.639. The van der Waals surface area contributed by atoms with Crippen molar-refractivity contribution in [3.05, 3.63) is 11.4 Å². The molecule has 1 rings (SSSR count). The molecule has 0 aliphatic heterocycles. The van der Waals surface area contributed by atoms with Gasteiger partial charge in [0.2, 0.25) is 10.0 Å². The predicted octanol–water partition coefficient (Wildman–Crippen LogP) is 0.693. The van der Waals surface area contributed by atoms with E-state index in [1.54, 1.807) is 13.8 Å². The molecule has 0 aliphatic rings. The van der Waals surface area contributed by atoms with Gasteiger partial charge in [-0.25, -0.2) is 13.1 Å². The zero-order chi connectivity index (χ0) is 13.8. The highest BCUT2D eigenvalue weighted by Gasteiger charge is 2.21. The molecule has 1 aromatic rings. The Bertz CT molecular complexity index is 460. The van der Waals surface area contributed by atoms with E-state index < -0.39 is 10.0 Å². The van der Waals surface area contributed by atoms with Gasteiger partial charge in [-0.1, -0.05) is 13.8 Å². The maximum Gasteiger partial charge on any atom is 0.244 e. The summed E-state index contributed by atoms with van der Waals surface area (Å²) in [7, 11) is -3.45. The van der Waals surface area contributed by atoms with Crippen molar-refractivity contribution in [2.24, 2.45) is 0 Å². The highest BCUT2D eigenvalue weighted by molar-refractivity contribution is 7.89. The molecule has 0 aliphatic carbocycles. The van der Waals surface area contributed by atoms with Gasteiger partial charge in [-0.2, -0.15) is 5.10 Å². The van der Waals surface area contributed by atoms with E-state index in [0.717, 1.165) is 13.0 Å². The summed E-state index contributed by atoms with van der Waals surface area (Å²) in [6.45, 7) is 8.72. The maximum absolute atomic E-state index is 12.0. The van der Waals surface area contributed by atoms with Crippen LogP contribution < -0.4 is 10.0 Å². The van der Waals surface area contributed by atoms with E-state index in [0.29, 0.717) is 24.0 Å². The van der Waals surface area contributed by atoms with Crippen LogP contribution in [0.25, 0.3) is 0 Å². The zero-order valence-corrected chi connectivity index (χ0v) is 12.2. The molecule has 0 radical (unpaired) electrons. The molecule has 6 nitrogen and oxygen atoms in total. The van der Waals surface area contributed by atoms with Gasteiger partial charge in [0.25, 0.3) is 0 Å². The van der Waals surface area contributed by atoms with Crippen molar-refractivity contribution in [1.29, 1.82) is 0 Å². The van der Waals surface area contributed by atoms with Gasteiger partial charge in [-0.3, -0.25) is 5.10 Å². The number of nitrogens with one attached hydrogen (secondary N) is 3. The summed E-state index contributed by atoms with van der Waals surface area (Å²) in [5, 5.41) is 9.81. The number of aryl methyl sites for hydroxylation is 2. The average Bonchev–Trinajstić information content (AvgIpc) is 2.57. The second-order valence-corrected chi connectivity index (χ2v) is 6.33. The Morgan fingerprint density at radius 3 is 2.44 bits per heavy atom. The summed E-state index contributed by atoms with van der Waals surface area (Å²) in [5.41, 5.74) is 1.07. The molecule has 104 valence electrons. The van der Waals surface area contributed by atoms with Crippen LogP contribution in [0.4, 0.5) is 0 Å². The lowest BCUT2D eigenvalue weighted by Crippen LogP contribution is -2.30. The Morgan fingerprint density at radius 1 is 1.28 bits per heavy atom. The first-order valence-electron chi connectivity index (χ1n) is 6.09. The SMILES string of the molecule is Cc1n[nH]c(C)c1S(=O)(=O)NCCCNC(C)C. The molecule has 1 heterocycles. The van der Waals surface area contributed by atoms with Gasteiger partial charge in [-0.05, 0) is 26.8 Å². The Labute approximate surface area is 109 Å². The monoisotopic (exact) mass is 274 g/mol. The summed E-state index contributed by atoms with van der Waals surface area (Å²) < 4.78 is 26.7. The van der Waals surface area contributed by atoms with Crippen molar-refractivity contribution in [2.45, 2.75) is 45.1 Å². The summed E-state index contributed by atoms with van der Waals surface area (Å²) in [6.07, 6.45) is 0.757. The highest BCUT2D eigenvalue weighted by atomic mass is 32.2. The molecular formula is C11H22N4O2S. The van der Waals surface area contributed by atoms with Crippen LogP contribution in [0.15, 0.2) is 4.90 Å². The van der Waals surface area contributed by atoms with Gasteiger partial charge in [0.15, 0.2) is 0 Å². The number of nitrogens with zero attached hydrogens (tertiary/aromatic N) is 1. The molecule has 0 amide bonds. The van der Waals surface area contributed by atoms with Crippen LogP contribution >= 0.6 is 0 Å². The van der Waals surface area contributed by atoms with Crippen LogP contribution in [0.3, 0.4) is 0 Å². The smallest absolute Gasteiger partial charge is 0.244 e. The van der Waals surface area contributed by atoms with E-state index in [1.807, 2.05) is 0 Å². The van der Waals surface area contributed by atoms with Crippen molar-refractivity contribution in [2.75, 3.05) is 13.1 Å². The lowest BCUT2D eigenvalue weighted by atomic mass is 10.3. The van der Waals surface area contributed by atoms with Crippen molar-refractivity contribution in [3.63, 3.8) is 0 Å². The number of hydrogen-bond donors (Lipinski definition) is 3. The van der Waals surface area contributed by atoms with Crippen LogP contribution in [0, 0.1) is 13.8 Å². The minimum atomic E-state index is -3.45. The van der Waals surface area contributed by atoms with Gasteiger partial charge in [0.05, 0.1) is 11.4 Å². The molecule has 7 heteroatoms. The van der Waals surface area contributed by atoms with E-state index in [4.69, 9.17) is 0 Å². The van der Waals surface area contributed by atoms with Gasteiger partial charge >= 0.3 is 0 Å². The van der Waals surface area contributed by atoms with Crippen molar-refractivity contribution in [1.82, 2.24) is 20.2 Å². The standard InChI is InChI=1S/C11H22N4O2S/c1-8(2)12-6-5-7-13-18(16,17)11-9(3)14-15-10(11)4/h8,12-13H,5-7H2,1-4H3,(H,14,15). The van der Waals surface area contributed by atoms with Crippen LogP contribution in [0.2, 0.25) is 0 Å². The number of H-pyrrole nitrogens is 1. The van der Waals surface area contributed by atoms with E-state index in [-0.39, 0.29) is 4.90 Å². The molecule has 0 saturated carbocycles. The second kappa shape index (κ2) is 6.31. The van der Waals surface area contributed by atoms with Crippen molar-refractivity contribution in [3.8, 4) is 0 Å². The molecule has 0 fully saturated rings. The average molecular weight is 274 g/mol. The molecule has 0 bridgehead atoms. The van der Waals surface area contributed by atoms with Gasteiger partial charge < -0.3 is 5.32 Å². The fraction of sp³-hybridized carbons (Fsp3) is 0.727. The largest absolute Gasteiger partial charge is 0.314 e. The predicted molar refractivity (Wildman–Crippen MR) is 71.0 cm³/mol. The third-order valence-corrected chi connectivity index (χ3v) is 4.25. The van der Waals surface area contributed by atoms with Gasteiger partial charge in [-0.15, -0.1) is 0 Å². The molecule has 3 N–H and O–H groups in total. The third kappa shape index (κ3) is 4.08. The first-order valence-corrected chi connectivity index (χ1v) is 7.57. The minimum Gasteiger partial charge on any atom is -0.314 e. The number of aromatic nitrogens is 2. The van der Waals surface area contributed by atoms with Crippen molar-refractivity contribution < 1.29 is 8.42 Å². The lowest BCUT2D eigenvalue weighted by Gasteiger charge is -2.09. The first kappa shape index (κ1) is 15.1. The van der Waals surface area contributed by atoms with Gasteiger partial charge in [0, 0.05) is 12.6 Å². The molecule has 0 spiro atoms. The molecule has 18 heavy (non-hydrogen) atoms. The number of rotatable bonds is 7. The fourth-order valence-corrected chi connectivity index (χ4v) is 3.14. The van der Waals surface area contributed by atoms with Crippen LogP contribution in [-0.2, 0) is 10.0 Å². The molecule has 0 atom stereocenters. The van der Waals surface area contributed by atoms with E-state index in [9.17, 15) is 8.42 Å². The Kier molecular flexibility index (Phi) is 5.30. The number of aromatic amines is 1. The van der Waals surface area contributed by atoms with E-state index >= 15 is 0 Å². The summed E-state index contributed by atoms with van der Waals surface area (Å²) in [4.78, 5) is 0.263. The minimum absolute atomic E-state index is 0.263. The summed E-state index contributed by atoms with van der Waals surface area (Å²) in [5.74, 6) is 0. The molecule has 0 aromatic carbocycles. The third-order valence-electron chi connectivity index (χ3n) is 2.53. The van der Waals surface area contributed by atoms with Gasteiger partial charge in [0.1, 0.15) is 4.90 Å². The number of hydrogen-bond acceptors (Lipinski definition) is 4. The normalized spacial score (nSPS) is 12.3. The molecule has 1 aromatic heterocycles. The Hall–Kier alpha value is -0.920. The second-order valence-electron chi connectivity index (χ2n) is 4.62. The molecule has 0 saturated heterocycles. The van der Waals surface area contributed by atoms with Crippen LogP contribution in [0.1, 0.15) is 31.7 Å². The molecular weight excluding hydrogens is 252 g/mol.